The normalized spacial score (nSPS) is 14.6. The van der Waals surface area contributed by atoms with Gasteiger partial charge in [0.25, 0.3) is 0 Å². The summed E-state index contributed by atoms with van der Waals surface area (Å²) >= 11 is 9.66. The lowest BCUT2D eigenvalue weighted by molar-refractivity contribution is 0.0585. The highest BCUT2D eigenvalue weighted by atomic mass is 127. The Labute approximate surface area is 124 Å². The van der Waals surface area contributed by atoms with Crippen LogP contribution in [0.15, 0.2) is 36.4 Å². The van der Waals surface area contributed by atoms with Gasteiger partial charge in [0.1, 0.15) is 0 Å². The first-order valence-corrected chi connectivity index (χ1v) is 7.47. The molecular weight excluding hydrogens is 367 g/mol. The van der Waals surface area contributed by atoms with Crippen molar-refractivity contribution >= 4 is 45.5 Å². The van der Waals surface area contributed by atoms with Crippen LogP contribution in [-0.4, -0.2) is 5.11 Å². The van der Waals surface area contributed by atoms with Crippen LogP contribution in [0.4, 0.5) is 0 Å². The summed E-state index contributed by atoms with van der Waals surface area (Å²) in [7, 11) is 0. The SMILES string of the molecule is CC(O)(Cc1ccc(Cl)s1)c1ccc(I)cc1. The Bertz CT molecular complexity index is 504. The third kappa shape index (κ3) is 3.44. The molecule has 0 bridgehead atoms. The van der Waals surface area contributed by atoms with Gasteiger partial charge >= 0.3 is 0 Å². The minimum Gasteiger partial charge on any atom is -0.385 e. The van der Waals surface area contributed by atoms with Crippen LogP contribution in [-0.2, 0) is 12.0 Å². The highest BCUT2D eigenvalue weighted by Gasteiger charge is 2.24. The maximum Gasteiger partial charge on any atom is 0.0931 e. The quantitative estimate of drug-likeness (QED) is 0.782. The highest BCUT2D eigenvalue weighted by molar-refractivity contribution is 14.1. The van der Waals surface area contributed by atoms with Gasteiger partial charge in [0, 0.05) is 14.9 Å². The second-order valence-electron chi connectivity index (χ2n) is 4.16. The topological polar surface area (TPSA) is 20.2 Å². The van der Waals surface area contributed by atoms with Crippen LogP contribution in [0.5, 0.6) is 0 Å². The predicted octanol–water partition coefficient (Wildman–Crippen LogP) is 4.46. The average molecular weight is 379 g/mol. The number of hydrogen-bond acceptors (Lipinski definition) is 2. The van der Waals surface area contributed by atoms with Gasteiger partial charge in [-0.1, -0.05) is 23.7 Å². The molecule has 4 heteroatoms. The van der Waals surface area contributed by atoms with Crippen LogP contribution >= 0.6 is 45.5 Å². The summed E-state index contributed by atoms with van der Waals surface area (Å²) in [6.07, 6.45) is 0.588. The van der Waals surface area contributed by atoms with Crippen LogP contribution in [0.2, 0.25) is 4.34 Å². The van der Waals surface area contributed by atoms with Crippen molar-refractivity contribution in [1.29, 1.82) is 0 Å². The van der Waals surface area contributed by atoms with Crippen LogP contribution in [0.25, 0.3) is 0 Å². The van der Waals surface area contributed by atoms with Crippen LogP contribution in [0.3, 0.4) is 0 Å². The van der Waals surface area contributed by atoms with Crippen molar-refractivity contribution in [3.8, 4) is 0 Å². The van der Waals surface area contributed by atoms with Gasteiger partial charge in [-0.25, -0.2) is 0 Å². The number of aliphatic hydroxyl groups is 1. The molecule has 1 N–H and O–H groups in total. The molecule has 17 heavy (non-hydrogen) atoms. The van der Waals surface area contributed by atoms with E-state index in [4.69, 9.17) is 11.6 Å². The molecule has 1 aromatic carbocycles. The van der Waals surface area contributed by atoms with Gasteiger partial charge in [-0.3, -0.25) is 0 Å². The summed E-state index contributed by atoms with van der Waals surface area (Å²) in [6, 6.07) is 11.8. The Morgan fingerprint density at radius 2 is 1.88 bits per heavy atom. The maximum absolute atomic E-state index is 10.5. The number of thiophene rings is 1. The van der Waals surface area contributed by atoms with Gasteiger partial charge in [-0.15, -0.1) is 11.3 Å². The monoisotopic (exact) mass is 378 g/mol. The summed E-state index contributed by atoms with van der Waals surface area (Å²) in [5.74, 6) is 0. The van der Waals surface area contributed by atoms with Crippen molar-refractivity contribution in [2.24, 2.45) is 0 Å². The molecular formula is C13H12ClIOS. The zero-order valence-corrected chi connectivity index (χ0v) is 13.0. The third-order valence-corrected chi connectivity index (χ3v) is 4.56. The van der Waals surface area contributed by atoms with E-state index in [1.165, 1.54) is 14.9 Å². The number of rotatable bonds is 3. The van der Waals surface area contributed by atoms with Gasteiger partial charge in [0.05, 0.1) is 9.94 Å². The standard InChI is InChI=1S/C13H12ClIOS/c1-13(16,8-11-6-7-12(14)17-11)9-2-4-10(15)5-3-9/h2-7,16H,8H2,1H3. The summed E-state index contributed by atoms with van der Waals surface area (Å²) in [5.41, 5.74) is 0.0841. The van der Waals surface area contributed by atoms with E-state index in [2.05, 4.69) is 22.6 Å². The first kappa shape index (κ1) is 13.3. The first-order valence-electron chi connectivity index (χ1n) is 5.20. The molecule has 0 aliphatic rings. The van der Waals surface area contributed by atoms with E-state index in [9.17, 15) is 5.11 Å². The van der Waals surface area contributed by atoms with Gasteiger partial charge in [-0.05, 0) is 59.3 Å². The van der Waals surface area contributed by atoms with Crippen LogP contribution < -0.4 is 0 Å². The molecule has 0 aliphatic heterocycles. The van der Waals surface area contributed by atoms with Crippen molar-refractivity contribution in [1.82, 2.24) is 0 Å². The zero-order chi connectivity index (χ0) is 12.5. The molecule has 0 saturated heterocycles. The van der Waals surface area contributed by atoms with Crippen molar-refractivity contribution in [2.45, 2.75) is 18.9 Å². The van der Waals surface area contributed by atoms with E-state index >= 15 is 0 Å². The van der Waals surface area contributed by atoms with Gasteiger partial charge in [-0.2, -0.15) is 0 Å². The third-order valence-electron chi connectivity index (χ3n) is 2.61. The van der Waals surface area contributed by atoms with Crippen molar-refractivity contribution in [2.75, 3.05) is 0 Å². The van der Waals surface area contributed by atoms with Gasteiger partial charge in [0.15, 0.2) is 0 Å². The molecule has 2 rings (SSSR count). The molecule has 0 aliphatic carbocycles. The van der Waals surface area contributed by atoms with E-state index in [0.29, 0.717) is 6.42 Å². The molecule has 1 unspecified atom stereocenters. The lowest BCUT2D eigenvalue weighted by Gasteiger charge is -2.23. The van der Waals surface area contributed by atoms with Gasteiger partial charge < -0.3 is 5.11 Å². The lowest BCUT2D eigenvalue weighted by atomic mass is 9.92. The Hall–Kier alpha value is -0.100. The summed E-state index contributed by atoms with van der Waals surface area (Å²) in [4.78, 5) is 1.10. The molecule has 0 radical (unpaired) electrons. The molecule has 0 amide bonds. The minimum atomic E-state index is -0.849. The first-order chi connectivity index (χ1) is 7.97. The molecule has 1 aromatic heterocycles. The number of hydrogen-bond donors (Lipinski definition) is 1. The Kier molecular flexibility index (Phi) is 4.13. The second-order valence-corrected chi connectivity index (χ2v) is 7.21. The molecule has 90 valence electrons. The smallest absolute Gasteiger partial charge is 0.0931 e. The van der Waals surface area contributed by atoms with Crippen molar-refractivity contribution in [3.05, 3.63) is 54.7 Å². The molecule has 1 nitrogen and oxygen atoms in total. The fraction of sp³-hybridized carbons (Fsp3) is 0.231. The van der Waals surface area contributed by atoms with Crippen molar-refractivity contribution in [3.63, 3.8) is 0 Å². The molecule has 0 spiro atoms. The highest BCUT2D eigenvalue weighted by Crippen LogP contribution is 2.30. The fourth-order valence-electron chi connectivity index (χ4n) is 1.70. The van der Waals surface area contributed by atoms with Gasteiger partial charge in [0.2, 0.25) is 0 Å². The van der Waals surface area contributed by atoms with Crippen LogP contribution in [0.1, 0.15) is 17.4 Å². The van der Waals surface area contributed by atoms with Crippen LogP contribution in [0, 0.1) is 3.57 Å². The Morgan fingerprint density at radius 1 is 1.24 bits per heavy atom. The lowest BCUT2D eigenvalue weighted by Crippen LogP contribution is -2.23. The van der Waals surface area contributed by atoms with E-state index in [-0.39, 0.29) is 0 Å². The summed E-state index contributed by atoms with van der Waals surface area (Å²) in [5, 5.41) is 10.5. The molecule has 2 aromatic rings. The average Bonchev–Trinajstić information content (AvgIpc) is 2.63. The summed E-state index contributed by atoms with van der Waals surface area (Å²) < 4.78 is 1.93. The van der Waals surface area contributed by atoms with E-state index in [1.807, 2.05) is 43.3 Å². The fourth-order valence-corrected chi connectivity index (χ4v) is 3.29. The second kappa shape index (κ2) is 5.26. The molecule has 0 fully saturated rings. The van der Waals surface area contributed by atoms with E-state index < -0.39 is 5.60 Å². The summed E-state index contributed by atoms with van der Waals surface area (Å²) in [6.45, 7) is 1.84. The zero-order valence-electron chi connectivity index (χ0n) is 9.28. The van der Waals surface area contributed by atoms with Crippen molar-refractivity contribution < 1.29 is 5.11 Å². The molecule has 0 saturated carbocycles. The maximum atomic E-state index is 10.5. The number of benzene rings is 1. The predicted molar refractivity (Wildman–Crippen MR) is 81.8 cm³/mol. The largest absolute Gasteiger partial charge is 0.385 e. The molecule has 1 atom stereocenters. The Morgan fingerprint density at radius 3 is 2.41 bits per heavy atom. The number of halogens is 2. The van der Waals surface area contributed by atoms with E-state index in [1.54, 1.807) is 0 Å². The Balaban J connectivity index is 2.21. The van der Waals surface area contributed by atoms with E-state index in [0.717, 1.165) is 14.8 Å². The minimum absolute atomic E-state index is 0.588. The molecule has 1 heterocycles.